The highest BCUT2D eigenvalue weighted by Gasteiger charge is 2.35. The van der Waals surface area contributed by atoms with Crippen molar-refractivity contribution < 1.29 is 27.0 Å². The lowest BCUT2D eigenvalue weighted by Gasteiger charge is -2.17. The Morgan fingerprint density at radius 3 is 2.55 bits per heavy atom. The van der Waals surface area contributed by atoms with Crippen LogP contribution in [0.2, 0.25) is 0 Å². The number of aryl methyl sites for hydroxylation is 1. The molecule has 0 saturated heterocycles. The summed E-state index contributed by atoms with van der Waals surface area (Å²) in [6.07, 6.45) is 3.00. The second-order valence-electron chi connectivity index (χ2n) is 9.94. The van der Waals surface area contributed by atoms with Crippen molar-refractivity contribution in [3.63, 3.8) is 0 Å². The number of alkyl halides is 4. The van der Waals surface area contributed by atoms with Crippen LogP contribution in [0.4, 0.5) is 17.6 Å². The number of aromatic nitrogens is 8. The smallest absolute Gasteiger partial charge is 0.434 e. The first kappa shape index (κ1) is 27.5. The summed E-state index contributed by atoms with van der Waals surface area (Å²) in [5.41, 5.74) is 2.01. The van der Waals surface area contributed by atoms with Gasteiger partial charge in [0.05, 0.1) is 49.6 Å². The third-order valence-electron chi connectivity index (χ3n) is 7.27. The predicted octanol–water partition coefficient (Wildman–Crippen LogP) is 5.64. The number of hydrogen-bond acceptors (Lipinski definition) is 8. The van der Waals surface area contributed by atoms with E-state index in [0.717, 1.165) is 34.9 Å². The Labute approximate surface area is 237 Å². The predicted molar refractivity (Wildman–Crippen MR) is 144 cm³/mol. The van der Waals surface area contributed by atoms with E-state index < -0.39 is 18.5 Å². The number of benzene rings is 1. The van der Waals surface area contributed by atoms with Crippen LogP contribution in [0.25, 0.3) is 33.8 Å². The molecule has 6 rings (SSSR count). The Kier molecular flexibility index (Phi) is 6.99. The first-order valence-corrected chi connectivity index (χ1v) is 13.2. The Morgan fingerprint density at radius 1 is 1.05 bits per heavy atom. The van der Waals surface area contributed by atoms with Gasteiger partial charge in [0.2, 0.25) is 5.88 Å². The molecule has 0 amide bonds. The fraction of sp³-hybridized carbons (Fsp3) is 0.357. The summed E-state index contributed by atoms with van der Waals surface area (Å²) in [5, 5.41) is 5.27. The van der Waals surface area contributed by atoms with E-state index in [2.05, 4.69) is 25.0 Å². The van der Waals surface area contributed by atoms with Crippen molar-refractivity contribution in [3.05, 3.63) is 60.1 Å². The lowest BCUT2D eigenvalue weighted by Crippen LogP contribution is -2.10. The molecule has 14 heteroatoms. The Morgan fingerprint density at radius 2 is 1.86 bits per heavy atom. The van der Waals surface area contributed by atoms with Crippen LogP contribution < -0.4 is 9.47 Å². The molecule has 4 aromatic heterocycles. The normalized spacial score (nSPS) is 14.4. The number of hydrogen-bond donors (Lipinski definition) is 0. The maximum Gasteiger partial charge on any atom is 0.434 e. The minimum absolute atomic E-state index is 0.0385. The lowest BCUT2D eigenvalue weighted by molar-refractivity contribution is -0.140. The molecule has 1 aliphatic carbocycles. The first-order valence-electron chi connectivity index (χ1n) is 13.2. The van der Waals surface area contributed by atoms with Crippen LogP contribution in [0.1, 0.15) is 48.7 Å². The molecule has 0 spiro atoms. The van der Waals surface area contributed by atoms with Crippen LogP contribution in [-0.4, -0.2) is 60.2 Å². The van der Waals surface area contributed by atoms with Gasteiger partial charge in [0, 0.05) is 18.3 Å². The van der Waals surface area contributed by atoms with Gasteiger partial charge in [0.15, 0.2) is 17.2 Å². The van der Waals surface area contributed by atoms with Gasteiger partial charge in [-0.1, -0.05) is 6.07 Å². The summed E-state index contributed by atoms with van der Waals surface area (Å²) in [6.45, 7) is 0.786. The van der Waals surface area contributed by atoms with E-state index in [1.165, 1.54) is 13.4 Å². The quantitative estimate of drug-likeness (QED) is 0.206. The second kappa shape index (κ2) is 10.7. The highest BCUT2D eigenvalue weighted by atomic mass is 19.4. The number of methoxy groups -OCH3 is 2. The molecule has 0 N–H and O–H groups in total. The monoisotopic (exact) mass is 582 g/mol. The van der Waals surface area contributed by atoms with Crippen molar-refractivity contribution in [1.82, 2.24) is 39.3 Å². The van der Waals surface area contributed by atoms with Crippen LogP contribution in [0.5, 0.6) is 11.6 Å². The number of nitrogens with zero attached hydrogens (tertiary/aromatic N) is 8. The molecule has 0 unspecified atom stereocenters. The van der Waals surface area contributed by atoms with Crippen molar-refractivity contribution in [3.8, 4) is 34.4 Å². The van der Waals surface area contributed by atoms with Crippen molar-refractivity contribution in [2.45, 2.75) is 44.4 Å². The van der Waals surface area contributed by atoms with Gasteiger partial charge in [-0.25, -0.2) is 34.0 Å². The number of rotatable bonds is 9. The standard InChI is InChI=1S/C28H26F4N8O2/c1-15(17-6-7-19(20(10-17)41-2)26-37-21(28(30,31)32)13-39(26)9-8-29)40-25-18(12-36-40)11-33-24(38-25)22-23(16-4-5-16)34-14-35-27(22)42-3/h6-7,10-16H,4-5,8-9H2,1-3H3/t15-/m0/s1. The zero-order chi connectivity index (χ0) is 29.6. The molecule has 5 aromatic rings. The molecule has 0 aliphatic heterocycles. The Hall–Kier alpha value is -4.62. The Balaban J connectivity index is 1.39. The minimum atomic E-state index is -4.67. The van der Waals surface area contributed by atoms with Gasteiger partial charge in [-0.15, -0.1) is 0 Å². The third kappa shape index (κ3) is 4.90. The third-order valence-corrected chi connectivity index (χ3v) is 7.27. The summed E-state index contributed by atoms with van der Waals surface area (Å²) in [6, 6.07) is 4.71. The molecule has 218 valence electrons. The van der Waals surface area contributed by atoms with E-state index in [4.69, 9.17) is 14.5 Å². The molecule has 0 radical (unpaired) electrons. The van der Waals surface area contributed by atoms with E-state index in [9.17, 15) is 17.6 Å². The average molecular weight is 583 g/mol. The van der Waals surface area contributed by atoms with Gasteiger partial charge in [0.1, 0.15) is 30.1 Å². The molecule has 4 heterocycles. The summed E-state index contributed by atoms with van der Waals surface area (Å²) in [4.78, 5) is 21.9. The minimum Gasteiger partial charge on any atom is -0.496 e. The van der Waals surface area contributed by atoms with Crippen LogP contribution in [-0.2, 0) is 12.7 Å². The second-order valence-corrected chi connectivity index (χ2v) is 9.94. The summed E-state index contributed by atoms with van der Waals surface area (Å²) < 4.78 is 67.3. The molecule has 1 saturated carbocycles. The lowest BCUT2D eigenvalue weighted by atomic mass is 10.0. The van der Waals surface area contributed by atoms with E-state index in [0.29, 0.717) is 39.8 Å². The van der Waals surface area contributed by atoms with Gasteiger partial charge >= 0.3 is 6.18 Å². The molecule has 0 bridgehead atoms. The highest BCUT2D eigenvalue weighted by Crippen LogP contribution is 2.45. The van der Waals surface area contributed by atoms with E-state index in [-0.39, 0.29) is 24.2 Å². The van der Waals surface area contributed by atoms with Crippen molar-refractivity contribution in [1.29, 1.82) is 0 Å². The van der Waals surface area contributed by atoms with Gasteiger partial charge in [-0.2, -0.15) is 18.3 Å². The summed E-state index contributed by atoms with van der Waals surface area (Å²) in [7, 11) is 2.95. The molecular formula is C28H26F4N8O2. The number of imidazole rings is 1. The number of fused-ring (bicyclic) bond motifs is 1. The zero-order valence-electron chi connectivity index (χ0n) is 22.9. The van der Waals surface area contributed by atoms with Crippen molar-refractivity contribution >= 4 is 11.0 Å². The molecular weight excluding hydrogens is 556 g/mol. The molecule has 1 aliphatic rings. The average Bonchev–Trinajstić information content (AvgIpc) is 3.61. The van der Waals surface area contributed by atoms with Gasteiger partial charge in [-0.3, -0.25) is 0 Å². The molecule has 10 nitrogen and oxygen atoms in total. The fourth-order valence-electron chi connectivity index (χ4n) is 4.98. The van der Waals surface area contributed by atoms with Gasteiger partial charge in [0.25, 0.3) is 0 Å². The summed E-state index contributed by atoms with van der Waals surface area (Å²) >= 11 is 0. The zero-order valence-corrected chi connectivity index (χ0v) is 22.9. The van der Waals surface area contributed by atoms with E-state index >= 15 is 0 Å². The first-order chi connectivity index (χ1) is 20.2. The Bertz CT molecular complexity index is 1760. The van der Waals surface area contributed by atoms with Gasteiger partial charge in [-0.05, 0) is 37.5 Å². The van der Waals surface area contributed by atoms with Crippen molar-refractivity contribution in [2.75, 3.05) is 20.9 Å². The van der Waals surface area contributed by atoms with Gasteiger partial charge < -0.3 is 14.0 Å². The molecule has 42 heavy (non-hydrogen) atoms. The SMILES string of the molecule is COc1cc([C@H](C)n2ncc3cnc(-c4c(OC)ncnc4C4CC4)nc32)ccc1-c1nc(C(F)(F)F)cn1CCF. The number of halogens is 4. The van der Waals surface area contributed by atoms with E-state index in [1.807, 2.05) is 6.92 Å². The maximum absolute atomic E-state index is 13.4. The van der Waals surface area contributed by atoms with Crippen LogP contribution >= 0.6 is 0 Å². The molecule has 1 fully saturated rings. The molecule has 1 aromatic carbocycles. The fourth-order valence-corrected chi connectivity index (χ4v) is 4.98. The molecule has 1 atom stereocenters. The van der Waals surface area contributed by atoms with Crippen LogP contribution in [0.15, 0.2) is 43.1 Å². The largest absolute Gasteiger partial charge is 0.496 e. The highest BCUT2D eigenvalue weighted by molar-refractivity contribution is 5.78. The number of ether oxygens (including phenoxy) is 2. The van der Waals surface area contributed by atoms with Crippen molar-refractivity contribution in [2.24, 2.45) is 0 Å². The van der Waals surface area contributed by atoms with Crippen LogP contribution in [0, 0.1) is 0 Å². The van der Waals surface area contributed by atoms with Crippen LogP contribution in [0.3, 0.4) is 0 Å². The maximum atomic E-state index is 13.4. The van der Waals surface area contributed by atoms with E-state index in [1.54, 1.807) is 42.4 Å². The topological polar surface area (TPSA) is 106 Å². The summed E-state index contributed by atoms with van der Waals surface area (Å²) in [5.74, 6) is 1.36.